The van der Waals surface area contributed by atoms with Crippen LogP contribution in [0.2, 0.25) is 0 Å². The van der Waals surface area contributed by atoms with Gasteiger partial charge in [0, 0.05) is 19.7 Å². The Morgan fingerprint density at radius 2 is 2.23 bits per heavy atom. The number of ether oxygens (including phenoxy) is 1. The van der Waals surface area contributed by atoms with E-state index in [2.05, 4.69) is 48.4 Å². The van der Waals surface area contributed by atoms with E-state index in [0.717, 1.165) is 32.5 Å². The van der Waals surface area contributed by atoms with Gasteiger partial charge in [0.05, 0.1) is 6.10 Å². The van der Waals surface area contributed by atoms with Crippen LogP contribution >= 0.6 is 0 Å². The molecule has 0 amide bonds. The van der Waals surface area contributed by atoms with E-state index in [-0.39, 0.29) is 6.10 Å². The summed E-state index contributed by atoms with van der Waals surface area (Å²) >= 11 is 0. The Morgan fingerprint density at radius 1 is 1.41 bits per heavy atom. The van der Waals surface area contributed by atoms with Gasteiger partial charge in [-0.05, 0) is 42.7 Å². The van der Waals surface area contributed by atoms with Crippen LogP contribution in [0.3, 0.4) is 0 Å². The first-order valence-corrected chi connectivity index (χ1v) is 8.40. The largest absolute Gasteiger partial charge is 0.373 e. The molecule has 1 aliphatic carbocycles. The molecule has 0 saturated heterocycles. The van der Waals surface area contributed by atoms with Gasteiger partial charge in [-0.25, -0.2) is 0 Å². The van der Waals surface area contributed by atoms with Gasteiger partial charge in [-0.2, -0.15) is 0 Å². The van der Waals surface area contributed by atoms with Crippen LogP contribution in [0.25, 0.3) is 0 Å². The Bertz CT molecular complexity index is 485. The van der Waals surface area contributed by atoms with Crippen molar-refractivity contribution in [3.05, 3.63) is 35.4 Å². The summed E-state index contributed by atoms with van der Waals surface area (Å²) < 4.78 is 6.07. The van der Waals surface area contributed by atoms with Gasteiger partial charge in [0.15, 0.2) is 5.96 Å². The normalized spacial score (nSPS) is 18.3. The predicted octanol–water partition coefficient (Wildman–Crippen LogP) is 3.03. The molecular formula is C18H29N3O. The molecule has 4 heteroatoms. The molecule has 1 aromatic rings. The lowest BCUT2D eigenvalue weighted by Gasteiger charge is -2.25. The topological polar surface area (TPSA) is 59.6 Å². The Balaban J connectivity index is 1.67. The zero-order chi connectivity index (χ0) is 15.8. The van der Waals surface area contributed by atoms with Gasteiger partial charge >= 0.3 is 0 Å². The van der Waals surface area contributed by atoms with Crippen molar-refractivity contribution in [2.45, 2.75) is 45.6 Å². The first-order valence-electron chi connectivity index (χ1n) is 8.40. The van der Waals surface area contributed by atoms with Crippen molar-refractivity contribution in [2.24, 2.45) is 16.6 Å². The third-order valence-corrected chi connectivity index (χ3v) is 3.89. The SMILES string of the molecule is CC(C)CN=C(N)NCCCOC1CCCc2ccccc21. The fourth-order valence-electron chi connectivity index (χ4n) is 2.73. The minimum absolute atomic E-state index is 0.261. The first kappa shape index (κ1) is 16.8. The monoisotopic (exact) mass is 303 g/mol. The van der Waals surface area contributed by atoms with Crippen molar-refractivity contribution in [3.63, 3.8) is 0 Å². The number of rotatable bonds is 7. The van der Waals surface area contributed by atoms with Gasteiger partial charge in [0.2, 0.25) is 0 Å². The van der Waals surface area contributed by atoms with Crippen LogP contribution in [0, 0.1) is 5.92 Å². The summed E-state index contributed by atoms with van der Waals surface area (Å²) in [7, 11) is 0. The van der Waals surface area contributed by atoms with Crippen LogP contribution in [-0.2, 0) is 11.2 Å². The van der Waals surface area contributed by atoms with E-state index < -0.39 is 0 Å². The molecule has 1 aromatic carbocycles. The second-order valence-electron chi connectivity index (χ2n) is 6.35. The number of nitrogens with one attached hydrogen (secondary N) is 1. The zero-order valence-corrected chi connectivity index (χ0v) is 13.8. The standard InChI is InChI=1S/C18H29N3O/c1-14(2)13-21-18(19)20-11-6-12-22-17-10-5-8-15-7-3-4-9-16(15)17/h3-4,7,9,14,17H,5-6,8,10-13H2,1-2H3,(H3,19,20,21). The van der Waals surface area contributed by atoms with E-state index in [4.69, 9.17) is 10.5 Å². The Hall–Kier alpha value is -1.55. The van der Waals surface area contributed by atoms with Crippen LogP contribution in [0.5, 0.6) is 0 Å². The molecule has 0 aromatic heterocycles. The van der Waals surface area contributed by atoms with Gasteiger partial charge in [0.25, 0.3) is 0 Å². The third-order valence-electron chi connectivity index (χ3n) is 3.89. The molecule has 0 saturated carbocycles. The number of hydrogen-bond donors (Lipinski definition) is 2. The van der Waals surface area contributed by atoms with Crippen LogP contribution in [0.4, 0.5) is 0 Å². The van der Waals surface area contributed by atoms with Crippen molar-refractivity contribution < 1.29 is 4.74 Å². The summed E-state index contributed by atoms with van der Waals surface area (Å²) in [5.74, 6) is 1.08. The van der Waals surface area contributed by atoms with E-state index in [1.165, 1.54) is 24.0 Å². The molecule has 4 nitrogen and oxygen atoms in total. The molecule has 0 radical (unpaired) electrons. The highest BCUT2D eigenvalue weighted by atomic mass is 16.5. The van der Waals surface area contributed by atoms with Gasteiger partial charge in [0.1, 0.15) is 0 Å². The number of fused-ring (bicyclic) bond motifs is 1. The molecule has 122 valence electrons. The molecule has 0 bridgehead atoms. The van der Waals surface area contributed by atoms with Crippen LogP contribution < -0.4 is 11.1 Å². The molecule has 1 atom stereocenters. The molecule has 1 aliphatic rings. The molecule has 3 N–H and O–H groups in total. The second-order valence-corrected chi connectivity index (χ2v) is 6.35. The predicted molar refractivity (Wildman–Crippen MR) is 92.0 cm³/mol. The number of hydrogen-bond acceptors (Lipinski definition) is 2. The average Bonchev–Trinajstić information content (AvgIpc) is 2.52. The Morgan fingerprint density at radius 3 is 3.05 bits per heavy atom. The van der Waals surface area contributed by atoms with Gasteiger partial charge in [-0.3, -0.25) is 4.99 Å². The smallest absolute Gasteiger partial charge is 0.188 e. The number of aryl methyl sites for hydroxylation is 1. The number of aliphatic imine (C=N–C) groups is 1. The van der Waals surface area contributed by atoms with E-state index in [0.29, 0.717) is 11.9 Å². The van der Waals surface area contributed by atoms with Crippen LogP contribution in [-0.4, -0.2) is 25.7 Å². The molecule has 0 aliphatic heterocycles. The maximum atomic E-state index is 6.07. The van der Waals surface area contributed by atoms with Crippen LogP contribution in [0.1, 0.15) is 50.3 Å². The average molecular weight is 303 g/mol. The highest BCUT2D eigenvalue weighted by molar-refractivity contribution is 5.77. The van der Waals surface area contributed by atoms with Crippen LogP contribution in [0.15, 0.2) is 29.3 Å². The van der Waals surface area contributed by atoms with Crippen molar-refractivity contribution in [1.29, 1.82) is 0 Å². The number of guanidine groups is 1. The van der Waals surface area contributed by atoms with E-state index in [1.54, 1.807) is 0 Å². The summed E-state index contributed by atoms with van der Waals surface area (Å²) in [6.45, 7) is 6.60. The van der Waals surface area contributed by atoms with Gasteiger partial charge in [-0.15, -0.1) is 0 Å². The number of benzene rings is 1. The van der Waals surface area contributed by atoms with Crippen molar-refractivity contribution in [2.75, 3.05) is 19.7 Å². The highest BCUT2D eigenvalue weighted by Crippen LogP contribution is 2.32. The maximum Gasteiger partial charge on any atom is 0.188 e. The first-order chi connectivity index (χ1) is 10.7. The van der Waals surface area contributed by atoms with Crippen molar-refractivity contribution in [3.8, 4) is 0 Å². The molecule has 0 spiro atoms. The maximum absolute atomic E-state index is 6.07. The number of nitrogens with two attached hydrogens (primary N) is 1. The minimum atomic E-state index is 0.261. The van der Waals surface area contributed by atoms with Gasteiger partial charge in [-0.1, -0.05) is 38.1 Å². The molecule has 0 heterocycles. The summed E-state index contributed by atoms with van der Waals surface area (Å²) in [4.78, 5) is 4.28. The molecule has 1 unspecified atom stereocenters. The van der Waals surface area contributed by atoms with E-state index in [1.807, 2.05) is 0 Å². The summed E-state index contributed by atoms with van der Waals surface area (Å²) in [6, 6.07) is 8.64. The molecule has 0 fully saturated rings. The highest BCUT2D eigenvalue weighted by Gasteiger charge is 2.19. The fourth-order valence-corrected chi connectivity index (χ4v) is 2.73. The molecule has 22 heavy (non-hydrogen) atoms. The Kier molecular flexibility index (Phi) is 6.72. The van der Waals surface area contributed by atoms with E-state index >= 15 is 0 Å². The minimum Gasteiger partial charge on any atom is -0.373 e. The second kappa shape index (κ2) is 8.79. The number of nitrogens with zero attached hydrogens (tertiary/aromatic N) is 1. The lowest BCUT2D eigenvalue weighted by Crippen LogP contribution is -2.33. The molecular weight excluding hydrogens is 274 g/mol. The molecule has 2 rings (SSSR count). The van der Waals surface area contributed by atoms with E-state index in [9.17, 15) is 0 Å². The Labute approximate surface area is 134 Å². The fraction of sp³-hybridized carbons (Fsp3) is 0.611. The van der Waals surface area contributed by atoms with Crippen molar-refractivity contribution >= 4 is 5.96 Å². The van der Waals surface area contributed by atoms with Gasteiger partial charge < -0.3 is 15.8 Å². The quantitative estimate of drug-likeness (QED) is 0.462. The summed E-state index contributed by atoms with van der Waals surface area (Å²) in [5.41, 5.74) is 8.63. The van der Waals surface area contributed by atoms with Crippen molar-refractivity contribution in [1.82, 2.24) is 5.32 Å². The summed E-state index contributed by atoms with van der Waals surface area (Å²) in [6.07, 6.45) is 4.73. The zero-order valence-electron chi connectivity index (χ0n) is 13.8. The summed E-state index contributed by atoms with van der Waals surface area (Å²) in [5, 5.41) is 3.14. The lowest BCUT2D eigenvalue weighted by molar-refractivity contribution is 0.0398. The third kappa shape index (κ3) is 5.34. The lowest BCUT2D eigenvalue weighted by atomic mass is 9.89.